The highest BCUT2D eigenvalue weighted by Crippen LogP contribution is 2.25. The van der Waals surface area contributed by atoms with Crippen LogP contribution in [0.1, 0.15) is 5.56 Å². The third kappa shape index (κ3) is 3.36. The minimum Gasteiger partial charge on any atom is -0.469 e. The van der Waals surface area contributed by atoms with Gasteiger partial charge in [0.15, 0.2) is 0 Å². The molecule has 0 aromatic heterocycles. The fourth-order valence-electron chi connectivity index (χ4n) is 2.47. The largest absolute Gasteiger partial charge is 0.469 e. The summed E-state index contributed by atoms with van der Waals surface area (Å²) < 4.78 is 10.1. The molecule has 0 amide bonds. The average molecular weight is 277 g/mol. The predicted molar refractivity (Wildman–Crippen MR) is 72.7 cm³/mol. The Bertz CT molecular complexity index is 474. The molecule has 1 heterocycles. The zero-order valence-electron chi connectivity index (χ0n) is 11.7. The van der Waals surface area contributed by atoms with Gasteiger partial charge in [-0.2, -0.15) is 0 Å². The molecule has 1 aliphatic rings. The molecule has 5 nitrogen and oxygen atoms in total. The van der Waals surface area contributed by atoms with Gasteiger partial charge in [0.1, 0.15) is 6.61 Å². The molecule has 0 unspecified atom stereocenters. The van der Waals surface area contributed by atoms with Crippen LogP contribution in [0.4, 0.5) is 0 Å². The molecule has 0 radical (unpaired) electrons. The molecule has 1 fully saturated rings. The number of likely N-dealkylation sites (tertiary alicyclic amines) is 1. The van der Waals surface area contributed by atoms with Crippen LogP contribution < -0.4 is 0 Å². The fraction of sp³-hybridized carbons (Fsp3) is 0.467. The number of hydrogen-bond donors (Lipinski definition) is 0. The third-order valence-corrected chi connectivity index (χ3v) is 3.53. The lowest BCUT2D eigenvalue weighted by Crippen LogP contribution is -2.30. The van der Waals surface area contributed by atoms with E-state index in [0.29, 0.717) is 13.1 Å². The number of methoxy groups -OCH3 is 1. The van der Waals surface area contributed by atoms with Crippen LogP contribution in [0.25, 0.3) is 0 Å². The number of esters is 2. The number of benzene rings is 1. The van der Waals surface area contributed by atoms with Crippen LogP contribution >= 0.6 is 0 Å². The fourth-order valence-corrected chi connectivity index (χ4v) is 2.47. The Morgan fingerprint density at radius 1 is 1.15 bits per heavy atom. The van der Waals surface area contributed by atoms with Crippen molar-refractivity contribution >= 4 is 11.9 Å². The first-order valence-corrected chi connectivity index (χ1v) is 6.58. The lowest BCUT2D eigenvalue weighted by Gasteiger charge is -2.15. The minimum atomic E-state index is -0.448. The van der Waals surface area contributed by atoms with Crippen molar-refractivity contribution in [2.24, 2.45) is 11.8 Å². The summed E-state index contributed by atoms with van der Waals surface area (Å²) in [5.74, 6) is -1.57. The Labute approximate surface area is 118 Å². The molecule has 20 heavy (non-hydrogen) atoms. The SMILES string of the molecule is COC(=O)[C@@H]1CN(C)C[C@H]1C(=O)OCc1ccccc1. The average Bonchev–Trinajstić information content (AvgIpc) is 2.87. The van der Waals surface area contributed by atoms with Crippen molar-refractivity contribution in [2.75, 3.05) is 27.2 Å². The number of carbonyl (C=O) groups excluding carboxylic acids is 2. The normalized spacial score (nSPS) is 22.5. The molecule has 1 aliphatic heterocycles. The van der Waals surface area contributed by atoms with Crippen molar-refractivity contribution < 1.29 is 19.1 Å². The summed E-state index contributed by atoms with van der Waals surface area (Å²) in [6.45, 7) is 1.28. The van der Waals surface area contributed by atoms with Crippen LogP contribution in [0.3, 0.4) is 0 Å². The highest BCUT2D eigenvalue weighted by atomic mass is 16.5. The predicted octanol–water partition coefficient (Wildman–Crippen LogP) is 1.08. The molecular weight excluding hydrogens is 258 g/mol. The molecule has 0 spiro atoms. The zero-order valence-corrected chi connectivity index (χ0v) is 11.7. The number of carbonyl (C=O) groups is 2. The molecule has 1 saturated heterocycles. The van der Waals surface area contributed by atoms with Crippen LogP contribution in [0, 0.1) is 11.8 Å². The highest BCUT2D eigenvalue weighted by Gasteiger charge is 2.42. The second-order valence-corrected chi connectivity index (χ2v) is 5.05. The number of hydrogen-bond acceptors (Lipinski definition) is 5. The van der Waals surface area contributed by atoms with Crippen molar-refractivity contribution in [3.05, 3.63) is 35.9 Å². The van der Waals surface area contributed by atoms with Gasteiger partial charge in [0.2, 0.25) is 0 Å². The van der Waals surface area contributed by atoms with Gasteiger partial charge in [-0.05, 0) is 12.6 Å². The van der Waals surface area contributed by atoms with Gasteiger partial charge in [-0.1, -0.05) is 30.3 Å². The van der Waals surface area contributed by atoms with E-state index in [-0.39, 0.29) is 18.5 Å². The van der Waals surface area contributed by atoms with Crippen LogP contribution in [-0.2, 0) is 25.7 Å². The summed E-state index contributed by atoms with van der Waals surface area (Å²) in [7, 11) is 3.22. The lowest BCUT2D eigenvalue weighted by molar-refractivity contribution is -0.157. The highest BCUT2D eigenvalue weighted by molar-refractivity contribution is 5.83. The summed E-state index contributed by atoms with van der Waals surface area (Å²) in [5, 5.41) is 0. The van der Waals surface area contributed by atoms with Crippen LogP contribution in [0.15, 0.2) is 30.3 Å². The molecular formula is C15H19NO4. The monoisotopic (exact) mass is 277 g/mol. The van der Waals surface area contributed by atoms with E-state index in [4.69, 9.17) is 9.47 Å². The maximum atomic E-state index is 12.1. The van der Waals surface area contributed by atoms with Gasteiger partial charge in [0.05, 0.1) is 18.9 Å². The van der Waals surface area contributed by atoms with Gasteiger partial charge < -0.3 is 14.4 Å². The van der Waals surface area contributed by atoms with Crippen LogP contribution in [-0.4, -0.2) is 44.1 Å². The summed E-state index contributed by atoms with van der Waals surface area (Å²) >= 11 is 0. The van der Waals surface area contributed by atoms with Gasteiger partial charge >= 0.3 is 11.9 Å². The molecule has 2 rings (SSSR count). The van der Waals surface area contributed by atoms with Gasteiger partial charge in [-0.25, -0.2) is 0 Å². The molecule has 0 bridgehead atoms. The Morgan fingerprint density at radius 3 is 2.35 bits per heavy atom. The summed E-state index contributed by atoms with van der Waals surface area (Å²) in [6, 6.07) is 9.48. The summed E-state index contributed by atoms with van der Waals surface area (Å²) in [5.41, 5.74) is 0.932. The molecule has 1 aromatic rings. The minimum absolute atomic E-state index is 0.230. The van der Waals surface area contributed by atoms with E-state index < -0.39 is 11.8 Å². The number of ether oxygens (including phenoxy) is 2. The first-order chi connectivity index (χ1) is 9.61. The van der Waals surface area contributed by atoms with Crippen molar-refractivity contribution in [2.45, 2.75) is 6.61 Å². The maximum Gasteiger partial charge on any atom is 0.311 e. The third-order valence-electron chi connectivity index (χ3n) is 3.53. The molecule has 1 aromatic carbocycles. The van der Waals surface area contributed by atoms with Gasteiger partial charge in [-0.15, -0.1) is 0 Å². The summed E-state index contributed by atoms with van der Waals surface area (Å²) in [6.07, 6.45) is 0. The Hall–Kier alpha value is -1.88. The van der Waals surface area contributed by atoms with Crippen LogP contribution in [0.5, 0.6) is 0 Å². The van der Waals surface area contributed by atoms with Crippen molar-refractivity contribution in [1.29, 1.82) is 0 Å². The van der Waals surface area contributed by atoms with E-state index in [2.05, 4.69) is 0 Å². The van der Waals surface area contributed by atoms with E-state index in [0.717, 1.165) is 5.56 Å². The van der Waals surface area contributed by atoms with Crippen LogP contribution in [0.2, 0.25) is 0 Å². The quantitative estimate of drug-likeness (QED) is 0.771. The Balaban J connectivity index is 1.95. The molecule has 0 aliphatic carbocycles. The van der Waals surface area contributed by atoms with E-state index in [9.17, 15) is 9.59 Å². The van der Waals surface area contributed by atoms with Crippen molar-refractivity contribution in [1.82, 2.24) is 4.90 Å². The van der Waals surface area contributed by atoms with Gasteiger partial charge in [0.25, 0.3) is 0 Å². The first kappa shape index (κ1) is 14.5. The number of nitrogens with zero attached hydrogens (tertiary/aromatic N) is 1. The standard InChI is InChI=1S/C15H19NO4/c1-16-8-12(14(17)19-2)13(9-16)15(18)20-10-11-6-4-3-5-7-11/h3-7,12-13H,8-10H2,1-2H3/t12-,13-/m1/s1. The zero-order chi connectivity index (χ0) is 14.5. The molecule has 5 heteroatoms. The molecule has 0 N–H and O–H groups in total. The van der Waals surface area contributed by atoms with Gasteiger partial charge in [0, 0.05) is 13.1 Å². The lowest BCUT2D eigenvalue weighted by atomic mass is 9.96. The van der Waals surface area contributed by atoms with E-state index in [1.165, 1.54) is 7.11 Å². The van der Waals surface area contributed by atoms with Crippen molar-refractivity contribution in [3.8, 4) is 0 Å². The smallest absolute Gasteiger partial charge is 0.311 e. The van der Waals surface area contributed by atoms with E-state index in [1.807, 2.05) is 42.3 Å². The molecule has 2 atom stereocenters. The topological polar surface area (TPSA) is 55.8 Å². The second kappa shape index (κ2) is 6.52. The maximum absolute atomic E-state index is 12.1. The second-order valence-electron chi connectivity index (χ2n) is 5.05. The van der Waals surface area contributed by atoms with E-state index >= 15 is 0 Å². The van der Waals surface area contributed by atoms with Gasteiger partial charge in [-0.3, -0.25) is 9.59 Å². The number of rotatable bonds is 4. The van der Waals surface area contributed by atoms with E-state index in [1.54, 1.807) is 0 Å². The van der Waals surface area contributed by atoms with Crippen molar-refractivity contribution in [3.63, 3.8) is 0 Å². The molecule has 0 saturated carbocycles. The summed E-state index contributed by atoms with van der Waals surface area (Å²) in [4.78, 5) is 25.8. The Morgan fingerprint density at radius 2 is 1.75 bits per heavy atom. The Kier molecular flexibility index (Phi) is 4.74. The first-order valence-electron chi connectivity index (χ1n) is 6.58. The molecule has 108 valence electrons.